The Hall–Kier alpha value is -1.95. The third-order valence-corrected chi connectivity index (χ3v) is 2.24. The molecule has 1 N–H and O–H groups in total. The molecule has 18 heavy (non-hydrogen) atoms. The van der Waals surface area contributed by atoms with E-state index in [1.807, 2.05) is 6.92 Å². The summed E-state index contributed by atoms with van der Waals surface area (Å²) in [5, 5.41) is 13.3. The summed E-state index contributed by atoms with van der Waals surface area (Å²) in [6.07, 6.45) is 0.898. The van der Waals surface area contributed by atoms with Gasteiger partial charge in [-0.15, -0.1) is 0 Å². The van der Waals surface area contributed by atoms with Crippen LogP contribution in [0, 0.1) is 5.82 Å². The van der Waals surface area contributed by atoms with Crippen LogP contribution in [0.2, 0.25) is 0 Å². The molecule has 2 rings (SSSR count). The molecule has 96 valence electrons. The minimum Gasteiger partial charge on any atom is -0.507 e. The fourth-order valence-electron chi connectivity index (χ4n) is 1.41. The number of rotatable bonds is 5. The molecule has 0 aliphatic rings. The molecule has 0 spiro atoms. The molecule has 0 bridgehead atoms. The van der Waals surface area contributed by atoms with Crippen LogP contribution in [-0.4, -0.2) is 21.9 Å². The highest BCUT2D eigenvalue weighted by molar-refractivity contribution is 5.61. The highest BCUT2D eigenvalue weighted by Gasteiger charge is 2.13. The number of phenolic OH excluding ortho intramolecular Hbond substituents is 1. The van der Waals surface area contributed by atoms with Crippen molar-refractivity contribution in [3.63, 3.8) is 0 Å². The van der Waals surface area contributed by atoms with Crippen molar-refractivity contribution >= 4 is 0 Å². The monoisotopic (exact) mass is 252 g/mol. The van der Waals surface area contributed by atoms with E-state index in [-0.39, 0.29) is 23.8 Å². The predicted molar refractivity (Wildman–Crippen MR) is 61.3 cm³/mol. The van der Waals surface area contributed by atoms with E-state index in [1.54, 1.807) is 0 Å². The standard InChI is InChI=1S/C12H13FN2O3/c1-2-5-17-7-11-14-12(18-15-11)9-6-8(13)3-4-10(9)16/h3-4,6,16H,2,5,7H2,1H3. The number of hydrogen-bond donors (Lipinski definition) is 1. The first-order chi connectivity index (χ1) is 8.70. The topological polar surface area (TPSA) is 68.4 Å². The minimum atomic E-state index is -0.482. The summed E-state index contributed by atoms with van der Waals surface area (Å²) in [6.45, 7) is 2.83. The lowest BCUT2D eigenvalue weighted by atomic mass is 10.2. The first-order valence-electron chi connectivity index (χ1n) is 5.60. The number of ether oxygens (including phenoxy) is 1. The molecule has 0 aliphatic heterocycles. The lowest BCUT2D eigenvalue weighted by molar-refractivity contribution is 0.114. The molecule has 0 amide bonds. The lowest BCUT2D eigenvalue weighted by Crippen LogP contribution is -1.95. The van der Waals surface area contributed by atoms with Gasteiger partial charge in [0.2, 0.25) is 0 Å². The molecule has 0 atom stereocenters. The Balaban J connectivity index is 2.16. The fraction of sp³-hybridized carbons (Fsp3) is 0.333. The van der Waals surface area contributed by atoms with Crippen molar-refractivity contribution in [2.75, 3.05) is 6.61 Å². The largest absolute Gasteiger partial charge is 0.507 e. The van der Waals surface area contributed by atoms with Crippen molar-refractivity contribution in [3.05, 3.63) is 29.8 Å². The van der Waals surface area contributed by atoms with Gasteiger partial charge in [0.25, 0.3) is 5.89 Å². The third-order valence-electron chi connectivity index (χ3n) is 2.24. The summed E-state index contributed by atoms with van der Waals surface area (Å²) in [5.41, 5.74) is 0.171. The second kappa shape index (κ2) is 5.59. The number of benzene rings is 1. The molecule has 0 unspecified atom stereocenters. The number of hydrogen-bond acceptors (Lipinski definition) is 5. The van der Waals surface area contributed by atoms with Crippen LogP contribution in [-0.2, 0) is 11.3 Å². The minimum absolute atomic E-state index is 0.0714. The normalized spacial score (nSPS) is 10.8. The summed E-state index contributed by atoms with van der Waals surface area (Å²) in [5.74, 6) is -0.157. The molecular formula is C12H13FN2O3. The van der Waals surface area contributed by atoms with Gasteiger partial charge in [0.15, 0.2) is 5.82 Å². The van der Waals surface area contributed by atoms with Crippen LogP contribution in [0.15, 0.2) is 22.7 Å². The van der Waals surface area contributed by atoms with Crippen molar-refractivity contribution < 1.29 is 18.8 Å². The molecule has 2 aromatic rings. The van der Waals surface area contributed by atoms with Gasteiger partial charge in [0, 0.05) is 6.61 Å². The van der Waals surface area contributed by atoms with Crippen molar-refractivity contribution in [3.8, 4) is 17.2 Å². The fourth-order valence-corrected chi connectivity index (χ4v) is 1.41. The van der Waals surface area contributed by atoms with Gasteiger partial charge < -0.3 is 14.4 Å². The van der Waals surface area contributed by atoms with E-state index in [9.17, 15) is 9.50 Å². The predicted octanol–water partition coefficient (Wildman–Crippen LogP) is 2.51. The summed E-state index contributed by atoms with van der Waals surface area (Å²) in [6, 6.07) is 3.53. The molecule has 1 aromatic heterocycles. The van der Waals surface area contributed by atoms with Gasteiger partial charge in [-0.25, -0.2) is 4.39 Å². The zero-order valence-corrected chi connectivity index (χ0v) is 9.89. The molecule has 0 saturated carbocycles. The summed E-state index contributed by atoms with van der Waals surface area (Å²) in [4.78, 5) is 4.02. The average Bonchev–Trinajstić information content (AvgIpc) is 2.81. The Morgan fingerprint density at radius 2 is 2.28 bits per heavy atom. The third kappa shape index (κ3) is 2.84. The smallest absolute Gasteiger partial charge is 0.261 e. The number of aromatic hydroxyl groups is 1. The zero-order valence-electron chi connectivity index (χ0n) is 9.89. The maximum atomic E-state index is 13.1. The number of halogens is 1. The van der Waals surface area contributed by atoms with Gasteiger partial charge >= 0.3 is 0 Å². The highest BCUT2D eigenvalue weighted by Crippen LogP contribution is 2.28. The SMILES string of the molecule is CCCOCc1noc(-c2cc(F)ccc2O)n1. The molecule has 0 fully saturated rings. The number of nitrogens with zero attached hydrogens (tertiary/aromatic N) is 2. The summed E-state index contributed by atoms with van der Waals surface area (Å²) in [7, 11) is 0. The van der Waals surface area contributed by atoms with Crippen molar-refractivity contribution in [1.82, 2.24) is 10.1 Å². The van der Waals surface area contributed by atoms with Gasteiger partial charge in [0.1, 0.15) is 18.2 Å². The van der Waals surface area contributed by atoms with Crippen LogP contribution < -0.4 is 0 Å². The zero-order chi connectivity index (χ0) is 13.0. The van der Waals surface area contributed by atoms with E-state index < -0.39 is 5.82 Å². The van der Waals surface area contributed by atoms with Gasteiger partial charge in [-0.3, -0.25) is 0 Å². The van der Waals surface area contributed by atoms with Crippen LogP contribution in [0.3, 0.4) is 0 Å². The van der Waals surface area contributed by atoms with Gasteiger partial charge in [0.05, 0.1) is 5.56 Å². The maximum absolute atomic E-state index is 13.1. The maximum Gasteiger partial charge on any atom is 0.261 e. The van der Waals surface area contributed by atoms with E-state index in [0.717, 1.165) is 18.6 Å². The van der Waals surface area contributed by atoms with Crippen LogP contribution in [0.1, 0.15) is 19.2 Å². The highest BCUT2D eigenvalue weighted by atomic mass is 19.1. The summed E-state index contributed by atoms with van der Waals surface area (Å²) >= 11 is 0. The molecule has 1 aromatic carbocycles. The van der Waals surface area contributed by atoms with Gasteiger partial charge in [-0.05, 0) is 24.6 Å². The molecule has 0 aliphatic carbocycles. The van der Waals surface area contributed by atoms with E-state index >= 15 is 0 Å². The Morgan fingerprint density at radius 3 is 3.06 bits per heavy atom. The first kappa shape index (κ1) is 12.5. The van der Waals surface area contributed by atoms with Gasteiger partial charge in [-0.2, -0.15) is 4.98 Å². The van der Waals surface area contributed by atoms with Crippen LogP contribution >= 0.6 is 0 Å². The first-order valence-corrected chi connectivity index (χ1v) is 5.60. The molecule has 5 nitrogen and oxygen atoms in total. The van der Waals surface area contributed by atoms with Crippen LogP contribution in [0.25, 0.3) is 11.5 Å². The van der Waals surface area contributed by atoms with E-state index in [4.69, 9.17) is 9.26 Å². The Bertz CT molecular complexity index is 528. The Morgan fingerprint density at radius 1 is 1.44 bits per heavy atom. The molecule has 0 saturated heterocycles. The molecule has 1 heterocycles. The van der Waals surface area contributed by atoms with Gasteiger partial charge in [-0.1, -0.05) is 12.1 Å². The number of aromatic nitrogens is 2. The van der Waals surface area contributed by atoms with Crippen molar-refractivity contribution in [2.24, 2.45) is 0 Å². The summed E-state index contributed by atoms with van der Waals surface area (Å²) < 4.78 is 23.3. The second-order valence-electron chi connectivity index (χ2n) is 3.73. The van der Waals surface area contributed by atoms with E-state index in [1.165, 1.54) is 6.07 Å². The van der Waals surface area contributed by atoms with E-state index in [0.29, 0.717) is 12.4 Å². The van der Waals surface area contributed by atoms with Crippen LogP contribution in [0.4, 0.5) is 4.39 Å². The lowest BCUT2D eigenvalue weighted by Gasteiger charge is -1.98. The Kier molecular flexibility index (Phi) is 3.88. The van der Waals surface area contributed by atoms with Crippen LogP contribution in [0.5, 0.6) is 5.75 Å². The molecule has 0 radical (unpaired) electrons. The molecular weight excluding hydrogens is 239 g/mol. The Labute approximate surface area is 103 Å². The average molecular weight is 252 g/mol. The van der Waals surface area contributed by atoms with Crippen molar-refractivity contribution in [1.29, 1.82) is 0 Å². The molecule has 6 heteroatoms. The number of phenols is 1. The quantitative estimate of drug-likeness (QED) is 0.828. The van der Waals surface area contributed by atoms with Crippen molar-refractivity contribution in [2.45, 2.75) is 20.0 Å². The van der Waals surface area contributed by atoms with E-state index in [2.05, 4.69) is 10.1 Å². The second-order valence-corrected chi connectivity index (χ2v) is 3.73.